The van der Waals surface area contributed by atoms with Crippen LogP contribution in [-0.4, -0.2) is 23.8 Å². The van der Waals surface area contributed by atoms with Crippen molar-refractivity contribution in [2.24, 2.45) is 12.8 Å². The Bertz CT molecular complexity index is 1310. The number of hydrogen-bond donors (Lipinski definition) is 2. The molecule has 30 heavy (non-hydrogen) atoms. The molecule has 1 aromatic heterocycles. The molecule has 0 radical (unpaired) electrons. The SMILES string of the molecule is Cl.Cn1c(Cc2ccc(C(=N)N)cc2)nc2cc(S(=O)(=O)c3ccccc3)ccc21. The molecule has 0 aliphatic carbocycles. The number of benzene rings is 3. The number of rotatable bonds is 5. The number of sulfone groups is 1. The molecule has 8 heteroatoms. The van der Waals surface area contributed by atoms with Crippen molar-refractivity contribution in [1.29, 1.82) is 5.41 Å². The van der Waals surface area contributed by atoms with Gasteiger partial charge in [0, 0.05) is 19.0 Å². The summed E-state index contributed by atoms with van der Waals surface area (Å²) < 4.78 is 27.7. The number of nitrogen functional groups attached to an aromatic ring is 1. The highest BCUT2D eigenvalue weighted by Crippen LogP contribution is 2.25. The molecule has 3 N–H and O–H groups in total. The minimum absolute atomic E-state index is 0. The maximum atomic E-state index is 12.9. The largest absolute Gasteiger partial charge is 0.384 e. The van der Waals surface area contributed by atoms with E-state index in [-0.39, 0.29) is 28.0 Å². The third-order valence-electron chi connectivity index (χ3n) is 4.94. The number of amidine groups is 1. The van der Waals surface area contributed by atoms with Crippen molar-refractivity contribution in [2.45, 2.75) is 16.2 Å². The van der Waals surface area contributed by atoms with Gasteiger partial charge in [-0.25, -0.2) is 13.4 Å². The standard InChI is InChI=1S/C22H20N4O2S.ClH/c1-26-20-12-11-18(29(27,28)17-5-3-2-4-6-17)14-19(20)25-21(26)13-15-7-9-16(10-8-15)22(23)24;/h2-12,14H,13H2,1H3,(H3,23,24);1H. The van der Waals surface area contributed by atoms with E-state index in [0.29, 0.717) is 17.5 Å². The summed E-state index contributed by atoms with van der Waals surface area (Å²) in [6, 6.07) is 20.9. The molecule has 0 fully saturated rings. The van der Waals surface area contributed by atoms with Crippen LogP contribution in [0.5, 0.6) is 0 Å². The Hall–Kier alpha value is -3.16. The third kappa shape index (κ3) is 3.94. The van der Waals surface area contributed by atoms with Crippen molar-refractivity contribution in [3.8, 4) is 0 Å². The van der Waals surface area contributed by atoms with Gasteiger partial charge in [-0.3, -0.25) is 5.41 Å². The lowest BCUT2D eigenvalue weighted by Crippen LogP contribution is -2.10. The topological polar surface area (TPSA) is 102 Å². The molecule has 0 amide bonds. The van der Waals surface area contributed by atoms with E-state index in [4.69, 9.17) is 11.1 Å². The minimum atomic E-state index is -3.59. The van der Waals surface area contributed by atoms with Crippen LogP contribution < -0.4 is 5.73 Å². The highest BCUT2D eigenvalue weighted by molar-refractivity contribution is 7.91. The van der Waals surface area contributed by atoms with Gasteiger partial charge in [-0.1, -0.05) is 42.5 Å². The van der Waals surface area contributed by atoms with Crippen LogP contribution in [0.25, 0.3) is 11.0 Å². The Kier molecular flexibility index (Phi) is 5.96. The van der Waals surface area contributed by atoms with Gasteiger partial charge < -0.3 is 10.3 Å². The van der Waals surface area contributed by atoms with Crippen LogP contribution in [0.4, 0.5) is 0 Å². The maximum absolute atomic E-state index is 12.9. The van der Waals surface area contributed by atoms with E-state index in [1.807, 2.05) is 35.9 Å². The normalized spacial score (nSPS) is 11.2. The first-order valence-electron chi connectivity index (χ1n) is 9.05. The van der Waals surface area contributed by atoms with Gasteiger partial charge in [-0.05, 0) is 35.9 Å². The first kappa shape index (κ1) is 21.5. The number of imidazole rings is 1. The lowest BCUT2D eigenvalue weighted by Gasteiger charge is -2.05. The Morgan fingerprint density at radius 2 is 1.67 bits per heavy atom. The molecule has 0 aliphatic rings. The molecular weight excluding hydrogens is 420 g/mol. The monoisotopic (exact) mass is 440 g/mol. The molecular formula is C22H21ClN4O2S. The molecule has 4 aromatic rings. The second kappa shape index (κ2) is 8.30. The fourth-order valence-electron chi connectivity index (χ4n) is 3.28. The zero-order chi connectivity index (χ0) is 20.6. The fourth-order valence-corrected chi connectivity index (χ4v) is 4.58. The zero-order valence-corrected chi connectivity index (χ0v) is 17.9. The van der Waals surface area contributed by atoms with E-state index in [9.17, 15) is 8.42 Å². The molecule has 6 nitrogen and oxygen atoms in total. The smallest absolute Gasteiger partial charge is 0.206 e. The van der Waals surface area contributed by atoms with Crippen LogP contribution >= 0.6 is 12.4 Å². The summed E-state index contributed by atoms with van der Waals surface area (Å²) in [5.41, 5.74) is 8.72. The number of nitrogens with zero attached hydrogens (tertiary/aromatic N) is 2. The van der Waals surface area contributed by atoms with Crippen LogP contribution in [0.2, 0.25) is 0 Å². The van der Waals surface area contributed by atoms with Crippen molar-refractivity contribution in [3.63, 3.8) is 0 Å². The number of nitrogens with two attached hydrogens (primary N) is 1. The summed E-state index contributed by atoms with van der Waals surface area (Å²) in [5.74, 6) is 0.858. The van der Waals surface area contributed by atoms with Crippen LogP contribution in [0.1, 0.15) is 17.0 Å². The van der Waals surface area contributed by atoms with Gasteiger partial charge in [0.2, 0.25) is 9.84 Å². The van der Waals surface area contributed by atoms with E-state index < -0.39 is 9.84 Å². The molecule has 4 rings (SSSR count). The molecule has 0 unspecified atom stereocenters. The third-order valence-corrected chi connectivity index (χ3v) is 6.70. The van der Waals surface area contributed by atoms with Crippen molar-refractivity contribution in [1.82, 2.24) is 9.55 Å². The molecule has 0 saturated carbocycles. The summed E-state index contributed by atoms with van der Waals surface area (Å²) in [5, 5.41) is 7.48. The number of aryl methyl sites for hydroxylation is 1. The van der Waals surface area contributed by atoms with Gasteiger partial charge in [-0.15, -0.1) is 12.4 Å². The number of halogens is 1. The van der Waals surface area contributed by atoms with Gasteiger partial charge in [0.1, 0.15) is 11.7 Å². The average Bonchev–Trinajstić information content (AvgIpc) is 3.04. The Morgan fingerprint density at radius 1 is 1.00 bits per heavy atom. The van der Waals surface area contributed by atoms with Gasteiger partial charge in [0.15, 0.2) is 0 Å². The number of hydrogen-bond acceptors (Lipinski definition) is 4. The van der Waals surface area contributed by atoms with Gasteiger partial charge >= 0.3 is 0 Å². The minimum Gasteiger partial charge on any atom is -0.384 e. The second-order valence-electron chi connectivity index (χ2n) is 6.84. The second-order valence-corrected chi connectivity index (χ2v) is 8.79. The molecule has 0 aliphatic heterocycles. The summed E-state index contributed by atoms with van der Waals surface area (Å²) in [4.78, 5) is 5.16. The van der Waals surface area contributed by atoms with E-state index >= 15 is 0 Å². The lowest BCUT2D eigenvalue weighted by atomic mass is 10.1. The molecule has 0 saturated heterocycles. The van der Waals surface area contributed by atoms with Crippen LogP contribution in [0.3, 0.4) is 0 Å². The molecule has 154 valence electrons. The maximum Gasteiger partial charge on any atom is 0.206 e. The van der Waals surface area contributed by atoms with Gasteiger partial charge in [-0.2, -0.15) is 0 Å². The highest BCUT2D eigenvalue weighted by Gasteiger charge is 2.19. The van der Waals surface area contributed by atoms with Gasteiger partial charge in [0.05, 0.1) is 20.8 Å². The van der Waals surface area contributed by atoms with Gasteiger partial charge in [0.25, 0.3) is 0 Å². The van der Waals surface area contributed by atoms with Crippen LogP contribution in [-0.2, 0) is 23.3 Å². The molecule has 0 atom stereocenters. The van der Waals surface area contributed by atoms with Crippen molar-refractivity contribution < 1.29 is 8.42 Å². The van der Waals surface area contributed by atoms with E-state index in [1.54, 1.807) is 48.5 Å². The predicted molar refractivity (Wildman–Crippen MR) is 120 cm³/mol. The zero-order valence-electron chi connectivity index (χ0n) is 16.2. The summed E-state index contributed by atoms with van der Waals surface area (Å²) >= 11 is 0. The Labute approximate surface area is 181 Å². The average molecular weight is 441 g/mol. The summed E-state index contributed by atoms with van der Waals surface area (Å²) in [7, 11) is -1.67. The summed E-state index contributed by atoms with van der Waals surface area (Å²) in [6.07, 6.45) is 0.587. The number of nitrogens with one attached hydrogen (secondary N) is 1. The summed E-state index contributed by atoms with van der Waals surface area (Å²) in [6.45, 7) is 0. The van der Waals surface area contributed by atoms with E-state index in [1.165, 1.54) is 0 Å². The van der Waals surface area contributed by atoms with Crippen molar-refractivity contribution in [2.75, 3.05) is 0 Å². The fraction of sp³-hybridized carbons (Fsp3) is 0.0909. The van der Waals surface area contributed by atoms with Crippen LogP contribution in [0.15, 0.2) is 82.6 Å². The number of fused-ring (bicyclic) bond motifs is 1. The molecule has 1 heterocycles. The first-order chi connectivity index (χ1) is 13.9. The molecule has 3 aromatic carbocycles. The molecule has 0 bridgehead atoms. The predicted octanol–water partition coefficient (Wildman–Crippen LogP) is 3.70. The van der Waals surface area contributed by atoms with Crippen LogP contribution in [0, 0.1) is 5.41 Å². The van der Waals surface area contributed by atoms with Crippen molar-refractivity contribution >= 4 is 39.1 Å². The first-order valence-corrected chi connectivity index (χ1v) is 10.5. The highest BCUT2D eigenvalue weighted by atomic mass is 35.5. The van der Waals surface area contributed by atoms with E-state index in [0.717, 1.165) is 16.9 Å². The molecule has 0 spiro atoms. The quantitative estimate of drug-likeness (QED) is 0.365. The Morgan fingerprint density at radius 3 is 2.30 bits per heavy atom. The van der Waals surface area contributed by atoms with E-state index in [2.05, 4.69) is 4.98 Å². The number of aromatic nitrogens is 2. The lowest BCUT2D eigenvalue weighted by molar-refractivity contribution is 0.596. The Balaban J connectivity index is 0.00000256. The van der Waals surface area contributed by atoms with Crippen molar-refractivity contribution in [3.05, 3.63) is 89.7 Å².